The van der Waals surface area contributed by atoms with Crippen LogP contribution in [0.25, 0.3) is 0 Å². The van der Waals surface area contributed by atoms with Crippen molar-refractivity contribution in [3.63, 3.8) is 0 Å². The molecule has 0 amide bonds. The summed E-state index contributed by atoms with van der Waals surface area (Å²) in [7, 11) is 3.65. The molecule has 0 aliphatic rings. The summed E-state index contributed by atoms with van der Waals surface area (Å²) >= 11 is 0. The number of methoxy groups -OCH3 is 1. The topological polar surface area (TPSA) is 63.5 Å². The van der Waals surface area contributed by atoms with Crippen LogP contribution in [0.1, 0.15) is 29.4 Å². The molecule has 6 nitrogen and oxygen atoms in total. The van der Waals surface area contributed by atoms with Gasteiger partial charge in [0.25, 0.3) is 0 Å². The summed E-state index contributed by atoms with van der Waals surface area (Å²) in [5.41, 5.74) is 4.66. The van der Waals surface area contributed by atoms with Gasteiger partial charge in [-0.15, -0.1) is 0 Å². The van der Waals surface area contributed by atoms with Crippen LogP contribution in [-0.2, 0) is 20.0 Å². The number of rotatable bonds is 7. The Bertz CT molecular complexity index is 703. The van der Waals surface area contributed by atoms with Gasteiger partial charge in [-0.1, -0.05) is 12.1 Å². The predicted molar refractivity (Wildman–Crippen MR) is 102 cm³/mol. The van der Waals surface area contributed by atoms with E-state index in [4.69, 9.17) is 9.73 Å². The summed E-state index contributed by atoms with van der Waals surface area (Å²) in [6.07, 6.45) is 0.930. The molecule has 0 spiro atoms. The zero-order chi connectivity index (χ0) is 18.2. The molecule has 0 aliphatic carbocycles. The van der Waals surface area contributed by atoms with E-state index >= 15 is 0 Å². The molecule has 1 heterocycles. The molecule has 0 saturated heterocycles. The second-order valence-corrected chi connectivity index (χ2v) is 5.99. The van der Waals surface area contributed by atoms with E-state index in [1.54, 1.807) is 7.11 Å². The largest absolute Gasteiger partial charge is 0.497 e. The molecule has 1 aromatic heterocycles. The number of benzene rings is 1. The molecule has 0 atom stereocenters. The maximum atomic E-state index is 5.19. The average Bonchev–Trinajstić information content (AvgIpc) is 2.85. The van der Waals surface area contributed by atoms with Crippen LogP contribution in [0.5, 0.6) is 5.75 Å². The maximum Gasteiger partial charge on any atom is 0.191 e. The lowest BCUT2D eigenvalue weighted by molar-refractivity contribution is 0.414. The van der Waals surface area contributed by atoms with Crippen molar-refractivity contribution >= 4 is 5.96 Å². The summed E-state index contributed by atoms with van der Waals surface area (Å²) in [5.74, 6) is 1.72. The minimum atomic E-state index is 0.628. The minimum Gasteiger partial charge on any atom is -0.497 e. The van der Waals surface area contributed by atoms with Crippen molar-refractivity contribution in [2.45, 2.75) is 33.7 Å². The van der Waals surface area contributed by atoms with Crippen LogP contribution in [-0.4, -0.2) is 35.9 Å². The highest BCUT2D eigenvalue weighted by Crippen LogP contribution is 2.13. The Labute approximate surface area is 150 Å². The lowest BCUT2D eigenvalue weighted by Crippen LogP contribution is -2.38. The van der Waals surface area contributed by atoms with Gasteiger partial charge < -0.3 is 15.4 Å². The van der Waals surface area contributed by atoms with Crippen LogP contribution in [0, 0.1) is 13.8 Å². The van der Waals surface area contributed by atoms with Gasteiger partial charge in [0.1, 0.15) is 5.75 Å². The van der Waals surface area contributed by atoms with E-state index in [0.29, 0.717) is 6.54 Å². The van der Waals surface area contributed by atoms with E-state index in [2.05, 4.69) is 41.7 Å². The van der Waals surface area contributed by atoms with Crippen molar-refractivity contribution in [1.82, 2.24) is 20.4 Å². The third-order valence-electron chi connectivity index (χ3n) is 4.26. The second kappa shape index (κ2) is 9.11. The van der Waals surface area contributed by atoms with Crippen LogP contribution in [0.2, 0.25) is 0 Å². The van der Waals surface area contributed by atoms with E-state index in [1.807, 2.05) is 30.8 Å². The van der Waals surface area contributed by atoms with Crippen LogP contribution < -0.4 is 15.4 Å². The fraction of sp³-hybridized carbons (Fsp3) is 0.474. The molecule has 2 rings (SSSR count). The summed E-state index contributed by atoms with van der Waals surface area (Å²) in [4.78, 5) is 4.70. The lowest BCUT2D eigenvalue weighted by atomic mass is 10.1. The summed E-state index contributed by atoms with van der Waals surface area (Å²) < 4.78 is 7.09. The van der Waals surface area contributed by atoms with E-state index in [1.165, 1.54) is 11.1 Å². The molecule has 0 aliphatic heterocycles. The number of aromatic nitrogens is 2. The number of nitrogens with zero attached hydrogens (tertiary/aromatic N) is 3. The fourth-order valence-corrected chi connectivity index (χ4v) is 2.66. The van der Waals surface area contributed by atoms with Gasteiger partial charge in [0, 0.05) is 31.4 Å². The predicted octanol–water partition coefficient (Wildman–Crippen LogP) is 2.34. The van der Waals surface area contributed by atoms with Crippen LogP contribution in [0.15, 0.2) is 29.3 Å². The molecule has 25 heavy (non-hydrogen) atoms. The van der Waals surface area contributed by atoms with Gasteiger partial charge in [-0.3, -0.25) is 4.68 Å². The first-order valence-electron chi connectivity index (χ1n) is 8.69. The van der Waals surface area contributed by atoms with Crippen molar-refractivity contribution in [1.29, 1.82) is 0 Å². The normalized spacial score (nSPS) is 11.5. The zero-order valence-corrected chi connectivity index (χ0v) is 15.9. The standard InChI is InChI=1S/C19H29N5O/c1-6-20-19(22-13-18-14(2)23-24(4)15(18)3)21-12-11-16-7-9-17(25-5)10-8-16/h7-10H,6,11-13H2,1-5H3,(H2,20,21,22). The van der Waals surface area contributed by atoms with Gasteiger partial charge in [0.15, 0.2) is 5.96 Å². The Morgan fingerprint density at radius 2 is 1.92 bits per heavy atom. The van der Waals surface area contributed by atoms with Crippen molar-refractivity contribution < 1.29 is 4.74 Å². The smallest absolute Gasteiger partial charge is 0.191 e. The van der Waals surface area contributed by atoms with Gasteiger partial charge in [0.2, 0.25) is 0 Å². The monoisotopic (exact) mass is 343 g/mol. The molecule has 0 radical (unpaired) electrons. The average molecular weight is 343 g/mol. The Morgan fingerprint density at radius 3 is 2.48 bits per heavy atom. The van der Waals surface area contributed by atoms with Crippen LogP contribution >= 0.6 is 0 Å². The number of nitrogens with one attached hydrogen (secondary N) is 2. The molecule has 0 unspecified atom stereocenters. The number of hydrogen-bond donors (Lipinski definition) is 2. The zero-order valence-electron chi connectivity index (χ0n) is 15.9. The van der Waals surface area contributed by atoms with Crippen molar-refractivity contribution in [2.75, 3.05) is 20.2 Å². The number of ether oxygens (including phenoxy) is 1. The molecule has 0 bridgehead atoms. The number of aliphatic imine (C=N–C) groups is 1. The minimum absolute atomic E-state index is 0.628. The highest BCUT2D eigenvalue weighted by molar-refractivity contribution is 5.79. The maximum absolute atomic E-state index is 5.19. The third kappa shape index (κ3) is 5.24. The molecular weight excluding hydrogens is 314 g/mol. The first-order valence-corrected chi connectivity index (χ1v) is 8.69. The summed E-state index contributed by atoms with van der Waals surface area (Å²) in [6, 6.07) is 8.16. The first kappa shape index (κ1) is 18.8. The Morgan fingerprint density at radius 1 is 1.20 bits per heavy atom. The van der Waals surface area contributed by atoms with E-state index in [9.17, 15) is 0 Å². The fourth-order valence-electron chi connectivity index (χ4n) is 2.66. The van der Waals surface area contributed by atoms with E-state index in [-0.39, 0.29) is 0 Å². The highest BCUT2D eigenvalue weighted by atomic mass is 16.5. The number of hydrogen-bond acceptors (Lipinski definition) is 3. The van der Waals surface area contributed by atoms with Gasteiger partial charge in [0.05, 0.1) is 19.3 Å². The Balaban J connectivity index is 1.92. The lowest BCUT2D eigenvalue weighted by Gasteiger charge is -2.11. The Kier molecular flexibility index (Phi) is 6.86. The molecule has 2 aromatic rings. The molecular formula is C19H29N5O. The summed E-state index contributed by atoms with van der Waals surface area (Å²) in [6.45, 7) is 8.46. The van der Waals surface area contributed by atoms with Crippen LogP contribution in [0.3, 0.4) is 0 Å². The number of aryl methyl sites for hydroxylation is 2. The molecule has 2 N–H and O–H groups in total. The first-order chi connectivity index (χ1) is 12.0. The molecule has 136 valence electrons. The second-order valence-electron chi connectivity index (χ2n) is 5.99. The Hall–Kier alpha value is -2.50. The molecule has 0 fully saturated rings. The van der Waals surface area contributed by atoms with E-state index < -0.39 is 0 Å². The van der Waals surface area contributed by atoms with Gasteiger partial charge >= 0.3 is 0 Å². The molecule has 6 heteroatoms. The van der Waals surface area contributed by atoms with Crippen LogP contribution in [0.4, 0.5) is 0 Å². The summed E-state index contributed by atoms with van der Waals surface area (Å²) in [5, 5.41) is 11.1. The highest BCUT2D eigenvalue weighted by Gasteiger charge is 2.08. The SMILES string of the molecule is CCNC(=NCc1c(C)nn(C)c1C)NCCc1ccc(OC)cc1. The van der Waals surface area contributed by atoms with Gasteiger partial charge in [-0.05, 0) is 44.9 Å². The number of guanidine groups is 1. The molecule has 1 aromatic carbocycles. The van der Waals surface area contributed by atoms with E-state index in [0.717, 1.165) is 42.6 Å². The van der Waals surface area contributed by atoms with Crippen molar-refractivity contribution in [3.8, 4) is 5.75 Å². The van der Waals surface area contributed by atoms with Crippen molar-refractivity contribution in [3.05, 3.63) is 46.8 Å². The third-order valence-corrected chi connectivity index (χ3v) is 4.26. The van der Waals surface area contributed by atoms with Gasteiger partial charge in [-0.25, -0.2) is 4.99 Å². The van der Waals surface area contributed by atoms with Gasteiger partial charge in [-0.2, -0.15) is 5.10 Å². The quantitative estimate of drug-likeness (QED) is 0.598. The molecule has 0 saturated carbocycles. The van der Waals surface area contributed by atoms with Crippen molar-refractivity contribution in [2.24, 2.45) is 12.0 Å².